The zero-order valence-corrected chi connectivity index (χ0v) is 6.22. The molecule has 1 heteroatoms. The Hall–Kier alpha value is -0.0400. The quantitative estimate of drug-likeness (QED) is 0.525. The lowest BCUT2D eigenvalue weighted by Crippen LogP contribution is -2.24. The van der Waals surface area contributed by atoms with Crippen molar-refractivity contribution in [2.24, 2.45) is 5.41 Å². The van der Waals surface area contributed by atoms with Crippen LogP contribution < -0.4 is 0 Å². The van der Waals surface area contributed by atoms with Crippen LogP contribution in [0, 0.1) is 11.8 Å². The first kappa shape index (κ1) is 7.07. The van der Waals surface area contributed by atoms with Gasteiger partial charge in [-0.2, -0.15) is 0 Å². The second kappa shape index (κ2) is 2.30. The minimum Gasteiger partial charge on any atom is -0.393 e. The summed E-state index contributed by atoms with van der Waals surface area (Å²) in [6.07, 6.45) is 5.16. The minimum absolute atomic E-state index is 0.0574. The van der Waals surface area contributed by atoms with Crippen LogP contribution in [0.15, 0.2) is 0 Å². The van der Waals surface area contributed by atoms with Crippen LogP contribution in [0.3, 0.4) is 0 Å². The molecule has 0 aromatic heterocycles. The molecule has 0 amide bonds. The van der Waals surface area contributed by atoms with E-state index in [9.17, 15) is 0 Å². The molecular weight excluding hydrogens is 112 g/mol. The van der Waals surface area contributed by atoms with E-state index in [-0.39, 0.29) is 6.10 Å². The fourth-order valence-corrected chi connectivity index (χ4v) is 1.21. The molecule has 1 nitrogen and oxygen atoms in total. The number of rotatable bonds is 0. The maximum absolute atomic E-state index is 9.11. The molecule has 1 fully saturated rings. The third-order valence-corrected chi connectivity index (χ3v) is 2.06. The van der Waals surface area contributed by atoms with Crippen molar-refractivity contribution in [3.63, 3.8) is 0 Å². The maximum atomic E-state index is 9.11. The minimum atomic E-state index is -0.0574. The molecule has 1 aliphatic rings. The molecule has 1 saturated carbocycles. The zero-order valence-electron chi connectivity index (χ0n) is 6.22. The van der Waals surface area contributed by atoms with Gasteiger partial charge in [0.15, 0.2) is 0 Å². The second-order valence-electron chi connectivity index (χ2n) is 3.62. The highest BCUT2D eigenvalue weighted by molar-refractivity contribution is 4.91. The van der Waals surface area contributed by atoms with Gasteiger partial charge in [-0.3, -0.25) is 0 Å². The van der Waals surface area contributed by atoms with Gasteiger partial charge in [0, 0.05) is 0 Å². The fourth-order valence-electron chi connectivity index (χ4n) is 1.21. The van der Waals surface area contributed by atoms with E-state index in [0.717, 1.165) is 19.3 Å². The molecule has 0 spiro atoms. The van der Waals surface area contributed by atoms with Crippen molar-refractivity contribution in [2.45, 2.75) is 39.2 Å². The number of hydrogen-bond donors (Lipinski definition) is 1. The first-order chi connectivity index (χ1) is 4.10. The Kier molecular flexibility index (Phi) is 1.80. The van der Waals surface area contributed by atoms with E-state index in [1.807, 2.05) is 0 Å². The van der Waals surface area contributed by atoms with Crippen LogP contribution >= 0.6 is 0 Å². The van der Waals surface area contributed by atoms with Gasteiger partial charge in [0.2, 0.25) is 0 Å². The molecule has 0 heterocycles. The molecule has 1 atom stereocenters. The molecule has 1 aliphatic carbocycles. The summed E-state index contributed by atoms with van der Waals surface area (Å²) in [4.78, 5) is 0. The van der Waals surface area contributed by atoms with Gasteiger partial charge in [0.1, 0.15) is 0 Å². The average molecular weight is 127 g/mol. The summed E-state index contributed by atoms with van der Waals surface area (Å²) in [5.74, 6) is 0. The summed E-state index contributed by atoms with van der Waals surface area (Å²) in [5.41, 5.74) is 0.374. The first-order valence-electron chi connectivity index (χ1n) is 3.63. The van der Waals surface area contributed by atoms with Gasteiger partial charge < -0.3 is 5.11 Å². The van der Waals surface area contributed by atoms with Crippen LogP contribution in [-0.4, -0.2) is 11.2 Å². The van der Waals surface area contributed by atoms with Gasteiger partial charge in [0.05, 0.1) is 6.10 Å². The van der Waals surface area contributed by atoms with Crippen LogP contribution in [0.2, 0.25) is 0 Å². The predicted molar refractivity (Wildman–Crippen MR) is 37.9 cm³/mol. The smallest absolute Gasteiger partial charge is 0.0543 e. The Balaban J connectivity index is 2.35. The summed E-state index contributed by atoms with van der Waals surface area (Å²) in [7, 11) is 0. The molecule has 1 unspecified atom stereocenters. The Morgan fingerprint density at radius 2 is 2.22 bits per heavy atom. The van der Waals surface area contributed by atoms with Crippen molar-refractivity contribution < 1.29 is 5.11 Å². The SMILES string of the molecule is CC1(C)[CH]CC(O)CC1. The number of hydrogen-bond acceptors (Lipinski definition) is 1. The maximum Gasteiger partial charge on any atom is 0.0543 e. The Labute approximate surface area is 57.1 Å². The predicted octanol–water partition coefficient (Wildman–Crippen LogP) is 1.76. The Bertz CT molecular complexity index is 86.7. The third kappa shape index (κ3) is 1.98. The van der Waals surface area contributed by atoms with Gasteiger partial charge in [-0.1, -0.05) is 13.8 Å². The second-order valence-corrected chi connectivity index (χ2v) is 3.62. The number of aliphatic hydroxyl groups is 1. The van der Waals surface area contributed by atoms with Crippen molar-refractivity contribution in [1.29, 1.82) is 0 Å². The van der Waals surface area contributed by atoms with E-state index in [0.29, 0.717) is 5.41 Å². The van der Waals surface area contributed by atoms with Crippen molar-refractivity contribution in [3.05, 3.63) is 6.42 Å². The highest BCUT2D eigenvalue weighted by atomic mass is 16.3. The van der Waals surface area contributed by atoms with Crippen molar-refractivity contribution >= 4 is 0 Å². The van der Waals surface area contributed by atoms with Crippen LogP contribution in [0.1, 0.15) is 33.1 Å². The van der Waals surface area contributed by atoms with Gasteiger partial charge in [0.25, 0.3) is 0 Å². The van der Waals surface area contributed by atoms with Gasteiger partial charge in [-0.05, 0) is 31.1 Å². The third-order valence-electron chi connectivity index (χ3n) is 2.06. The Morgan fingerprint density at radius 1 is 1.56 bits per heavy atom. The van der Waals surface area contributed by atoms with E-state index in [1.165, 1.54) is 0 Å². The Morgan fingerprint density at radius 3 is 2.56 bits per heavy atom. The van der Waals surface area contributed by atoms with Crippen molar-refractivity contribution in [3.8, 4) is 0 Å². The van der Waals surface area contributed by atoms with Crippen molar-refractivity contribution in [2.75, 3.05) is 0 Å². The lowest BCUT2D eigenvalue weighted by Gasteiger charge is -2.31. The average Bonchev–Trinajstić information content (AvgIpc) is 1.78. The van der Waals surface area contributed by atoms with Crippen LogP contribution in [0.25, 0.3) is 0 Å². The lowest BCUT2D eigenvalue weighted by molar-refractivity contribution is 0.114. The molecule has 1 radical (unpaired) electrons. The molecule has 0 aliphatic heterocycles. The van der Waals surface area contributed by atoms with Crippen LogP contribution in [0.4, 0.5) is 0 Å². The summed E-state index contributed by atoms with van der Waals surface area (Å²) in [6.45, 7) is 4.44. The highest BCUT2D eigenvalue weighted by Crippen LogP contribution is 2.33. The van der Waals surface area contributed by atoms with E-state index in [2.05, 4.69) is 20.3 Å². The standard InChI is InChI=1S/C8H15O/c1-8(2)5-3-7(9)4-6-8/h5,7,9H,3-4,6H2,1-2H3. The molecule has 1 N–H and O–H groups in total. The van der Waals surface area contributed by atoms with Gasteiger partial charge in [-0.15, -0.1) is 0 Å². The fraction of sp³-hybridized carbons (Fsp3) is 0.875. The van der Waals surface area contributed by atoms with E-state index >= 15 is 0 Å². The lowest BCUT2D eigenvalue weighted by atomic mass is 9.76. The van der Waals surface area contributed by atoms with Crippen molar-refractivity contribution in [1.82, 2.24) is 0 Å². The molecule has 9 heavy (non-hydrogen) atoms. The van der Waals surface area contributed by atoms with E-state index < -0.39 is 0 Å². The molecule has 1 rings (SSSR count). The first-order valence-corrected chi connectivity index (χ1v) is 3.63. The van der Waals surface area contributed by atoms with Crippen LogP contribution in [0.5, 0.6) is 0 Å². The summed E-state index contributed by atoms with van der Waals surface area (Å²) >= 11 is 0. The number of aliphatic hydroxyl groups excluding tert-OH is 1. The topological polar surface area (TPSA) is 20.2 Å². The summed E-state index contributed by atoms with van der Waals surface area (Å²) < 4.78 is 0. The van der Waals surface area contributed by atoms with E-state index in [4.69, 9.17) is 5.11 Å². The largest absolute Gasteiger partial charge is 0.393 e. The molecule has 0 aromatic rings. The molecule has 0 saturated heterocycles. The van der Waals surface area contributed by atoms with Crippen LogP contribution in [-0.2, 0) is 0 Å². The molecule has 0 aromatic carbocycles. The van der Waals surface area contributed by atoms with Gasteiger partial charge in [-0.25, -0.2) is 0 Å². The summed E-state index contributed by atoms with van der Waals surface area (Å²) in [5, 5.41) is 9.11. The van der Waals surface area contributed by atoms with E-state index in [1.54, 1.807) is 0 Å². The normalized spacial score (nSPS) is 28.3. The summed E-state index contributed by atoms with van der Waals surface area (Å²) in [6, 6.07) is 0. The molecule has 0 bridgehead atoms. The zero-order chi connectivity index (χ0) is 6.91. The van der Waals surface area contributed by atoms with Gasteiger partial charge >= 0.3 is 0 Å². The molecule has 53 valence electrons. The highest BCUT2D eigenvalue weighted by Gasteiger charge is 2.25. The monoisotopic (exact) mass is 127 g/mol. The molecular formula is C8H15O.